The van der Waals surface area contributed by atoms with Gasteiger partial charge in [-0.2, -0.15) is 0 Å². The molecule has 0 amide bonds. The third-order valence-electron chi connectivity index (χ3n) is 1.58. The highest BCUT2D eigenvalue weighted by Gasteiger charge is 2.15. The van der Waals surface area contributed by atoms with E-state index in [1.807, 2.05) is 6.92 Å². The molecule has 0 aromatic heterocycles. The molecular formula is C8H8BNO2. The topological polar surface area (TPSA) is 44.8 Å². The first-order valence-corrected chi connectivity index (χ1v) is 3.49. The van der Waals surface area contributed by atoms with E-state index >= 15 is 0 Å². The van der Waals surface area contributed by atoms with Crippen molar-refractivity contribution in [3.63, 3.8) is 0 Å². The second kappa shape index (κ2) is 3.39. The molecule has 0 heterocycles. The molecule has 4 heteroatoms. The average Bonchev–Trinajstić information content (AvgIpc) is 2.04. The van der Waals surface area contributed by atoms with E-state index in [9.17, 15) is 0 Å². The molecular weight excluding hydrogens is 153 g/mol. The predicted molar refractivity (Wildman–Crippen MR) is 47.3 cm³/mol. The summed E-state index contributed by atoms with van der Waals surface area (Å²) in [5, 5.41) is 17.7. The first-order valence-electron chi connectivity index (χ1n) is 3.49. The van der Waals surface area contributed by atoms with Crippen LogP contribution in [0.15, 0.2) is 18.2 Å². The van der Waals surface area contributed by atoms with Gasteiger partial charge in [-0.1, -0.05) is 23.8 Å². The standard InChI is InChI=1S/C8H8BNO2/c1-6-3-4-8(10-2)7(5-6)9(11)12/h3-5,11-12H,1H3. The molecule has 0 aliphatic heterocycles. The molecule has 1 aromatic rings. The van der Waals surface area contributed by atoms with Crippen molar-refractivity contribution >= 4 is 18.3 Å². The Hall–Kier alpha value is -1.31. The van der Waals surface area contributed by atoms with Gasteiger partial charge in [0.2, 0.25) is 0 Å². The Labute approximate surface area is 71.2 Å². The third-order valence-corrected chi connectivity index (χ3v) is 1.58. The van der Waals surface area contributed by atoms with E-state index in [2.05, 4.69) is 4.85 Å². The maximum Gasteiger partial charge on any atom is 0.476 e. The Bertz CT molecular complexity index is 330. The van der Waals surface area contributed by atoms with E-state index in [4.69, 9.17) is 16.6 Å². The van der Waals surface area contributed by atoms with Gasteiger partial charge in [-0.15, -0.1) is 0 Å². The molecule has 0 aliphatic carbocycles. The van der Waals surface area contributed by atoms with Gasteiger partial charge in [0.05, 0.1) is 6.57 Å². The van der Waals surface area contributed by atoms with Gasteiger partial charge in [0.15, 0.2) is 5.69 Å². The molecule has 0 atom stereocenters. The fourth-order valence-corrected chi connectivity index (χ4v) is 0.983. The highest BCUT2D eigenvalue weighted by molar-refractivity contribution is 6.60. The highest BCUT2D eigenvalue weighted by Crippen LogP contribution is 2.09. The van der Waals surface area contributed by atoms with E-state index in [1.54, 1.807) is 18.2 Å². The van der Waals surface area contributed by atoms with Crippen molar-refractivity contribution in [2.24, 2.45) is 0 Å². The first-order chi connectivity index (χ1) is 5.65. The van der Waals surface area contributed by atoms with Gasteiger partial charge in [-0.05, 0) is 12.4 Å². The van der Waals surface area contributed by atoms with E-state index in [0.717, 1.165) is 5.56 Å². The summed E-state index contributed by atoms with van der Waals surface area (Å²) in [6.07, 6.45) is 0. The molecule has 0 saturated carbocycles. The Morgan fingerprint density at radius 1 is 1.42 bits per heavy atom. The molecule has 1 aromatic carbocycles. The lowest BCUT2D eigenvalue weighted by Crippen LogP contribution is -2.30. The van der Waals surface area contributed by atoms with E-state index in [-0.39, 0.29) is 11.2 Å². The van der Waals surface area contributed by atoms with Crippen molar-refractivity contribution < 1.29 is 10.0 Å². The SMILES string of the molecule is [C-]#[N+]c1ccc(C)cc1B(O)O. The third kappa shape index (κ3) is 1.64. The van der Waals surface area contributed by atoms with Crippen LogP contribution in [0.4, 0.5) is 5.69 Å². The minimum Gasteiger partial charge on any atom is -0.424 e. The summed E-state index contributed by atoms with van der Waals surface area (Å²) >= 11 is 0. The van der Waals surface area contributed by atoms with Gasteiger partial charge >= 0.3 is 7.12 Å². The Morgan fingerprint density at radius 3 is 2.58 bits per heavy atom. The number of hydrogen-bond acceptors (Lipinski definition) is 2. The molecule has 0 aliphatic rings. The quantitative estimate of drug-likeness (QED) is 0.457. The lowest BCUT2D eigenvalue weighted by molar-refractivity contribution is 0.426. The van der Waals surface area contributed by atoms with E-state index in [1.165, 1.54) is 0 Å². The number of hydrogen-bond donors (Lipinski definition) is 2. The fraction of sp³-hybridized carbons (Fsp3) is 0.125. The number of nitrogens with zero attached hydrogens (tertiary/aromatic N) is 1. The molecule has 60 valence electrons. The second-order valence-electron chi connectivity index (χ2n) is 2.55. The summed E-state index contributed by atoms with van der Waals surface area (Å²) in [7, 11) is -1.56. The normalized spacial score (nSPS) is 9.17. The fourth-order valence-electron chi connectivity index (χ4n) is 0.983. The lowest BCUT2D eigenvalue weighted by Gasteiger charge is -2.02. The average molecular weight is 161 g/mol. The molecule has 0 unspecified atom stereocenters. The van der Waals surface area contributed by atoms with Gasteiger partial charge in [0.25, 0.3) is 0 Å². The van der Waals surface area contributed by atoms with Crippen LogP contribution in [0.3, 0.4) is 0 Å². The molecule has 12 heavy (non-hydrogen) atoms. The molecule has 0 bridgehead atoms. The summed E-state index contributed by atoms with van der Waals surface area (Å²) in [5.41, 5.74) is 1.46. The minimum atomic E-state index is -1.56. The number of aryl methyl sites for hydroxylation is 1. The maximum atomic E-state index is 8.87. The van der Waals surface area contributed by atoms with E-state index in [0.29, 0.717) is 0 Å². The summed E-state index contributed by atoms with van der Waals surface area (Å²) in [6.45, 7) is 8.58. The van der Waals surface area contributed by atoms with Crippen molar-refractivity contribution in [2.75, 3.05) is 0 Å². The van der Waals surface area contributed by atoms with Crippen molar-refractivity contribution in [1.82, 2.24) is 0 Å². The van der Waals surface area contributed by atoms with Gasteiger partial charge < -0.3 is 10.0 Å². The van der Waals surface area contributed by atoms with Crippen LogP contribution in [0.2, 0.25) is 0 Å². The van der Waals surface area contributed by atoms with Gasteiger partial charge in [0, 0.05) is 0 Å². The summed E-state index contributed by atoms with van der Waals surface area (Å²) in [5.74, 6) is 0. The van der Waals surface area contributed by atoms with Crippen molar-refractivity contribution in [1.29, 1.82) is 0 Å². The van der Waals surface area contributed by atoms with Gasteiger partial charge in [-0.25, -0.2) is 4.85 Å². The monoisotopic (exact) mass is 161 g/mol. The molecule has 0 fully saturated rings. The van der Waals surface area contributed by atoms with Crippen molar-refractivity contribution in [3.8, 4) is 0 Å². The number of benzene rings is 1. The van der Waals surface area contributed by atoms with Crippen molar-refractivity contribution in [3.05, 3.63) is 35.2 Å². The van der Waals surface area contributed by atoms with Crippen LogP contribution >= 0.6 is 0 Å². The van der Waals surface area contributed by atoms with Crippen LogP contribution in [0.1, 0.15) is 5.56 Å². The summed E-state index contributed by atoms with van der Waals surface area (Å²) in [6, 6.07) is 4.94. The number of rotatable bonds is 1. The zero-order chi connectivity index (χ0) is 9.14. The highest BCUT2D eigenvalue weighted by atomic mass is 16.4. The smallest absolute Gasteiger partial charge is 0.424 e. The minimum absolute atomic E-state index is 0.269. The van der Waals surface area contributed by atoms with Crippen LogP contribution < -0.4 is 5.46 Å². The van der Waals surface area contributed by atoms with Crippen LogP contribution in [-0.2, 0) is 0 Å². The summed E-state index contributed by atoms with van der Waals surface area (Å²) < 4.78 is 0. The van der Waals surface area contributed by atoms with E-state index < -0.39 is 7.12 Å². The Kier molecular flexibility index (Phi) is 2.49. The zero-order valence-electron chi connectivity index (χ0n) is 6.65. The maximum absolute atomic E-state index is 8.87. The molecule has 0 saturated heterocycles. The zero-order valence-corrected chi connectivity index (χ0v) is 6.65. The Morgan fingerprint density at radius 2 is 2.08 bits per heavy atom. The molecule has 3 nitrogen and oxygen atoms in total. The van der Waals surface area contributed by atoms with Crippen molar-refractivity contribution in [2.45, 2.75) is 6.92 Å². The van der Waals surface area contributed by atoms with Crippen LogP contribution in [-0.4, -0.2) is 17.2 Å². The van der Waals surface area contributed by atoms with Crippen LogP contribution in [0.25, 0.3) is 4.85 Å². The lowest BCUT2D eigenvalue weighted by atomic mass is 9.78. The van der Waals surface area contributed by atoms with Crippen LogP contribution in [0.5, 0.6) is 0 Å². The van der Waals surface area contributed by atoms with Crippen LogP contribution in [0, 0.1) is 13.5 Å². The van der Waals surface area contributed by atoms with Gasteiger partial charge in [-0.3, -0.25) is 0 Å². The summed E-state index contributed by atoms with van der Waals surface area (Å²) in [4.78, 5) is 3.16. The van der Waals surface area contributed by atoms with Gasteiger partial charge in [0.1, 0.15) is 0 Å². The molecule has 2 N–H and O–H groups in total. The predicted octanol–water partition coefficient (Wildman–Crippen LogP) is 0.226. The largest absolute Gasteiger partial charge is 0.476 e. The Balaban J connectivity index is 3.24. The second-order valence-corrected chi connectivity index (χ2v) is 2.55. The molecule has 1 rings (SSSR count). The molecule has 0 spiro atoms. The first kappa shape index (κ1) is 8.79. The molecule has 0 radical (unpaired) electrons.